The molecule has 0 bridgehead atoms. The summed E-state index contributed by atoms with van der Waals surface area (Å²) in [5.74, 6) is 0.905. The molecule has 21 heavy (non-hydrogen) atoms. The van der Waals surface area contributed by atoms with Crippen molar-refractivity contribution in [2.24, 2.45) is 16.7 Å². The number of hydrogen-bond donors (Lipinski definition) is 1. The van der Waals surface area contributed by atoms with Crippen LogP contribution in [-0.2, 0) is 0 Å². The van der Waals surface area contributed by atoms with E-state index in [1.54, 1.807) is 0 Å². The number of hydrogen-bond acceptors (Lipinski definition) is 2. The standard InChI is InChI=1S/C19H38N2/c1-7-20-17-16(9-8-12-19(17,5)6)21-13-10-15(11-14-21)18(2,3)4/h15-17,20H,7-14H2,1-6H3. The first kappa shape index (κ1) is 17.3. The highest BCUT2D eigenvalue weighted by Gasteiger charge is 2.42. The Hall–Kier alpha value is -0.0800. The van der Waals surface area contributed by atoms with Crippen molar-refractivity contribution >= 4 is 0 Å². The van der Waals surface area contributed by atoms with Crippen LogP contribution in [0, 0.1) is 16.7 Å². The first-order valence-corrected chi connectivity index (χ1v) is 9.23. The largest absolute Gasteiger partial charge is 0.312 e. The molecule has 2 rings (SSSR count). The van der Waals surface area contributed by atoms with Crippen LogP contribution in [0.25, 0.3) is 0 Å². The summed E-state index contributed by atoms with van der Waals surface area (Å²) >= 11 is 0. The molecule has 1 saturated heterocycles. The van der Waals surface area contributed by atoms with Gasteiger partial charge in [-0.15, -0.1) is 0 Å². The Kier molecular flexibility index (Phi) is 5.41. The molecule has 2 heteroatoms. The van der Waals surface area contributed by atoms with Gasteiger partial charge in [0.2, 0.25) is 0 Å². The Morgan fingerprint density at radius 3 is 2.24 bits per heavy atom. The van der Waals surface area contributed by atoms with E-state index in [1.807, 2.05) is 0 Å². The van der Waals surface area contributed by atoms with Crippen molar-refractivity contribution < 1.29 is 0 Å². The minimum absolute atomic E-state index is 0.444. The van der Waals surface area contributed by atoms with Gasteiger partial charge in [0.05, 0.1) is 0 Å². The van der Waals surface area contributed by atoms with E-state index in [1.165, 1.54) is 45.2 Å². The van der Waals surface area contributed by atoms with Crippen molar-refractivity contribution in [2.75, 3.05) is 19.6 Å². The van der Waals surface area contributed by atoms with Crippen LogP contribution < -0.4 is 5.32 Å². The van der Waals surface area contributed by atoms with Gasteiger partial charge in [-0.3, -0.25) is 4.90 Å². The van der Waals surface area contributed by atoms with Crippen LogP contribution in [0.1, 0.15) is 73.6 Å². The lowest BCUT2D eigenvalue weighted by molar-refractivity contribution is 0.0149. The van der Waals surface area contributed by atoms with Gasteiger partial charge in [0.25, 0.3) is 0 Å². The van der Waals surface area contributed by atoms with E-state index < -0.39 is 0 Å². The number of likely N-dealkylation sites (N-methyl/N-ethyl adjacent to an activating group) is 1. The highest BCUT2D eigenvalue weighted by Crippen LogP contribution is 2.40. The molecule has 1 heterocycles. The summed E-state index contributed by atoms with van der Waals surface area (Å²) in [6, 6.07) is 1.43. The van der Waals surface area contributed by atoms with Gasteiger partial charge in [-0.25, -0.2) is 0 Å². The summed E-state index contributed by atoms with van der Waals surface area (Å²) < 4.78 is 0. The second-order valence-corrected chi connectivity index (χ2v) is 9.16. The Bertz CT molecular complexity index is 321. The van der Waals surface area contributed by atoms with E-state index in [2.05, 4.69) is 51.8 Å². The van der Waals surface area contributed by atoms with Gasteiger partial charge in [0.1, 0.15) is 0 Å². The summed E-state index contributed by atoms with van der Waals surface area (Å²) in [6.07, 6.45) is 6.94. The molecule has 0 aromatic carbocycles. The fraction of sp³-hybridized carbons (Fsp3) is 1.00. The normalized spacial score (nSPS) is 32.3. The average molecular weight is 295 g/mol. The van der Waals surface area contributed by atoms with Gasteiger partial charge in [-0.2, -0.15) is 0 Å². The van der Waals surface area contributed by atoms with E-state index in [9.17, 15) is 0 Å². The van der Waals surface area contributed by atoms with Crippen LogP contribution in [0.15, 0.2) is 0 Å². The Morgan fingerprint density at radius 2 is 1.71 bits per heavy atom. The molecular weight excluding hydrogens is 256 g/mol. The van der Waals surface area contributed by atoms with Gasteiger partial charge in [0.15, 0.2) is 0 Å². The molecule has 0 spiro atoms. The summed E-state index contributed by atoms with van der Waals surface area (Å²) in [7, 11) is 0. The molecule has 0 aromatic rings. The predicted molar refractivity (Wildman–Crippen MR) is 92.6 cm³/mol. The van der Waals surface area contributed by atoms with Crippen LogP contribution in [0.2, 0.25) is 0 Å². The fourth-order valence-corrected chi connectivity index (χ4v) is 4.73. The molecule has 1 aliphatic carbocycles. The fourth-order valence-electron chi connectivity index (χ4n) is 4.73. The van der Waals surface area contributed by atoms with Gasteiger partial charge in [-0.1, -0.05) is 48.0 Å². The second-order valence-electron chi connectivity index (χ2n) is 9.16. The lowest BCUT2D eigenvalue weighted by atomic mass is 9.69. The Morgan fingerprint density at radius 1 is 1.10 bits per heavy atom. The zero-order valence-corrected chi connectivity index (χ0v) is 15.3. The van der Waals surface area contributed by atoms with Crippen LogP contribution >= 0.6 is 0 Å². The van der Waals surface area contributed by atoms with E-state index in [0.29, 0.717) is 16.9 Å². The molecule has 1 aliphatic heterocycles. The Labute approximate surface area is 133 Å². The van der Waals surface area contributed by atoms with E-state index in [0.717, 1.165) is 18.5 Å². The van der Waals surface area contributed by atoms with Crippen molar-refractivity contribution in [2.45, 2.75) is 85.7 Å². The summed E-state index contributed by atoms with van der Waals surface area (Å²) in [5.41, 5.74) is 0.929. The van der Waals surface area contributed by atoms with Crippen LogP contribution in [-0.4, -0.2) is 36.6 Å². The maximum atomic E-state index is 3.82. The summed E-state index contributed by atoms with van der Waals surface area (Å²) in [6.45, 7) is 18.2. The van der Waals surface area contributed by atoms with Gasteiger partial charge < -0.3 is 5.32 Å². The molecule has 2 fully saturated rings. The van der Waals surface area contributed by atoms with Gasteiger partial charge in [0, 0.05) is 12.1 Å². The van der Waals surface area contributed by atoms with Crippen molar-refractivity contribution in [3.63, 3.8) is 0 Å². The average Bonchev–Trinajstić information content (AvgIpc) is 2.40. The maximum Gasteiger partial charge on any atom is 0.0274 e. The molecule has 1 N–H and O–H groups in total. The highest BCUT2D eigenvalue weighted by atomic mass is 15.2. The molecule has 124 valence electrons. The van der Waals surface area contributed by atoms with Gasteiger partial charge >= 0.3 is 0 Å². The molecule has 2 unspecified atom stereocenters. The lowest BCUT2D eigenvalue weighted by Crippen LogP contribution is -2.60. The number of nitrogens with one attached hydrogen (secondary N) is 1. The first-order chi connectivity index (χ1) is 9.75. The minimum atomic E-state index is 0.444. The zero-order chi connectivity index (χ0) is 15.7. The molecular formula is C19H38N2. The van der Waals surface area contributed by atoms with Crippen LogP contribution in [0.4, 0.5) is 0 Å². The van der Waals surface area contributed by atoms with Crippen molar-refractivity contribution in [1.82, 2.24) is 10.2 Å². The molecule has 0 aromatic heterocycles. The first-order valence-electron chi connectivity index (χ1n) is 9.23. The van der Waals surface area contributed by atoms with E-state index in [-0.39, 0.29) is 0 Å². The third-order valence-corrected chi connectivity index (χ3v) is 6.20. The molecule has 1 saturated carbocycles. The maximum absolute atomic E-state index is 3.82. The zero-order valence-electron chi connectivity index (χ0n) is 15.3. The van der Waals surface area contributed by atoms with Crippen molar-refractivity contribution in [1.29, 1.82) is 0 Å². The number of nitrogens with zero attached hydrogens (tertiary/aromatic N) is 1. The quantitative estimate of drug-likeness (QED) is 0.835. The number of likely N-dealkylation sites (tertiary alicyclic amines) is 1. The number of rotatable bonds is 3. The minimum Gasteiger partial charge on any atom is -0.312 e. The number of piperidine rings is 1. The molecule has 2 nitrogen and oxygen atoms in total. The Balaban J connectivity index is 2.00. The SMILES string of the molecule is CCNC1C(N2CCC(C(C)(C)C)CC2)CCCC1(C)C. The van der Waals surface area contributed by atoms with Crippen LogP contribution in [0.5, 0.6) is 0 Å². The smallest absolute Gasteiger partial charge is 0.0274 e. The van der Waals surface area contributed by atoms with Crippen molar-refractivity contribution in [3.8, 4) is 0 Å². The van der Waals surface area contributed by atoms with E-state index in [4.69, 9.17) is 0 Å². The predicted octanol–water partition coefficient (Wildman–Crippen LogP) is 4.30. The molecule has 0 amide bonds. The molecule has 0 radical (unpaired) electrons. The third kappa shape index (κ3) is 4.01. The van der Waals surface area contributed by atoms with Crippen molar-refractivity contribution in [3.05, 3.63) is 0 Å². The molecule has 2 aliphatic rings. The van der Waals surface area contributed by atoms with Gasteiger partial charge in [-0.05, 0) is 62.1 Å². The highest BCUT2D eigenvalue weighted by molar-refractivity contribution is 4.99. The summed E-state index contributed by atoms with van der Waals surface area (Å²) in [4.78, 5) is 2.82. The monoisotopic (exact) mass is 294 g/mol. The second kappa shape index (κ2) is 6.58. The lowest BCUT2D eigenvalue weighted by Gasteiger charge is -2.51. The summed E-state index contributed by atoms with van der Waals surface area (Å²) in [5, 5.41) is 3.82. The van der Waals surface area contributed by atoms with E-state index >= 15 is 0 Å². The third-order valence-electron chi connectivity index (χ3n) is 6.20. The molecule has 2 atom stereocenters. The van der Waals surface area contributed by atoms with Crippen LogP contribution in [0.3, 0.4) is 0 Å². The topological polar surface area (TPSA) is 15.3 Å².